The Balaban J connectivity index is 1.49. The molecule has 1 amide bonds. The number of halogens is 7. The molecule has 3 fully saturated rings. The van der Waals surface area contributed by atoms with Crippen LogP contribution in [-0.2, 0) is 21.9 Å². The number of rotatable bonds is 4. The minimum Gasteiger partial charge on any atom is -0.370 e. The Hall–Kier alpha value is -2.62. The monoisotopic (exact) mass is 529 g/mol. The Morgan fingerprint density at radius 2 is 1.62 bits per heavy atom. The van der Waals surface area contributed by atoms with E-state index in [0.29, 0.717) is 31.6 Å². The zero-order valence-corrected chi connectivity index (χ0v) is 20.2. The highest BCUT2D eigenvalue weighted by atomic mass is 19.4. The maximum Gasteiger partial charge on any atom is 0.416 e. The summed E-state index contributed by atoms with van der Waals surface area (Å²) in [6.07, 6.45) is -10.1. The van der Waals surface area contributed by atoms with Crippen molar-refractivity contribution < 1.29 is 40.3 Å². The maximum atomic E-state index is 13.7. The van der Waals surface area contributed by atoms with Crippen LogP contribution in [0.15, 0.2) is 42.5 Å². The van der Waals surface area contributed by atoms with Crippen molar-refractivity contribution in [2.24, 2.45) is 17.3 Å². The van der Waals surface area contributed by atoms with Gasteiger partial charge >= 0.3 is 12.4 Å². The summed E-state index contributed by atoms with van der Waals surface area (Å²) < 4.78 is 100. The van der Waals surface area contributed by atoms with E-state index in [2.05, 4.69) is 0 Å². The third kappa shape index (κ3) is 4.73. The summed E-state index contributed by atoms with van der Waals surface area (Å²) in [6, 6.07) is 7.42. The van der Waals surface area contributed by atoms with Crippen LogP contribution in [0.3, 0.4) is 0 Å². The molecular formula is C27H26F7NO2. The first kappa shape index (κ1) is 26.0. The predicted molar refractivity (Wildman–Crippen MR) is 120 cm³/mol. The summed E-state index contributed by atoms with van der Waals surface area (Å²) in [4.78, 5) is 14.0. The number of nitrogens with zero attached hydrogens (tertiary/aromatic N) is 1. The van der Waals surface area contributed by atoms with Gasteiger partial charge in [-0.05, 0) is 78.5 Å². The Morgan fingerprint density at radius 1 is 1.03 bits per heavy atom. The molecule has 2 aromatic rings. The van der Waals surface area contributed by atoms with Crippen molar-refractivity contribution in [3.05, 3.63) is 70.5 Å². The maximum absolute atomic E-state index is 13.7. The standard InChI is InChI=1S/C27H26F7NO2/c1-14(17-7-18(26(29,30)31)9-19(8-17)27(32,33)34)37-23-10-20-11-25(20)13-35(15(2)36)12-22(25)24(23)16-3-5-21(28)6-4-16/h3-9,14,20,22-24H,10-13H2,1-2H3/t14-,20?,22+,23+,24+,25+/m1/s1. The minimum absolute atomic E-state index is 0.00921. The molecule has 5 rings (SSSR count). The first-order valence-corrected chi connectivity index (χ1v) is 12.1. The first-order chi connectivity index (χ1) is 17.2. The number of ether oxygens (including phenoxy) is 1. The summed E-state index contributed by atoms with van der Waals surface area (Å²) in [5, 5.41) is 0. The highest BCUT2D eigenvalue weighted by molar-refractivity contribution is 5.74. The molecule has 0 bridgehead atoms. The molecule has 10 heteroatoms. The first-order valence-electron chi connectivity index (χ1n) is 12.1. The van der Waals surface area contributed by atoms with E-state index in [1.165, 1.54) is 26.0 Å². The second-order valence-electron chi connectivity index (χ2n) is 10.6. The van der Waals surface area contributed by atoms with Crippen molar-refractivity contribution in [1.82, 2.24) is 4.90 Å². The Labute approximate surface area is 209 Å². The molecule has 200 valence electrons. The topological polar surface area (TPSA) is 29.5 Å². The van der Waals surface area contributed by atoms with Gasteiger partial charge in [0, 0.05) is 25.9 Å². The highest BCUT2D eigenvalue weighted by Gasteiger charge is 2.69. The average Bonchev–Trinajstić information content (AvgIpc) is 3.37. The number of carbonyl (C=O) groups is 1. The number of amides is 1. The van der Waals surface area contributed by atoms with Gasteiger partial charge in [-0.1, -0.05) is 12.1 Å². The number of hydrogen-bond donors (Lipinski definition) is 0. The third-order valence-electron chi connectivity index (χ3n) is 8.43. The molecule has 1 unspecified atom stereocenters. The molecule has 37 heavy (non-hydrogen) atoms. The van der Waals surface area contributed by atoms with Gasteiger partial charge < -0.3 is 9.64 Å². The van der Waals surface area contributed by atoms with E-state index in [-0.39, 0.29) is 40.7 Å². The number of likely N-dealkylation sites (tertiary alicyclic amines) is 1. The van der Waals surface area contributed by atoms with Crippen LogP contribution in [-0.4, -0.2) is 30.0 Å². The molecule has 2 aromatic carbocycles. The SMILES string of the molecule is CC(=O)N1C[C@H]2[C@H](c3ccc(F)cc3)[C@@H](O[C@H](C)c3cc(C(F)(F)F)cc(C(F)(F)F)c3)CC3C[C@]32C1. The molecule has 6 atom stereocenters. The van der Waals surface area contributed by atoms with Crippen molar-refractivity contribution in [1.29, 1.82) is 0 Å². The van der Waals surface area contributed by atoms with Crippen LogP contribution >= 0.6 is 0 Å². The van der Waals surface area contributed by atoms with Crippen molar-refractivity contribution in [3.8, 4) is 0 Å². The van der Waals surface area contributed by atoms with E-state index in [1.807, 2.05) is 0 Å². The molecule has 1 spiro atoms. The summed E-state index contributed by atoms with van der Waals surface area (Å²) in [5.74, 6) is -0.543. The molecule has 1 saturated heterocycles. The van der Waals surface area contributed by atoms with Gasteiger partial charge in [-0.3, -0.25) is 4.79 Å². The molecule has 3 aliphatic rings. The lowest BCUT2D eigenvalue weighted by molar-refractivity contribution is -0.143. The second kappa shape index (κ2) is 8.71. The Morgan fingerprint density at radius 3 is 2.16 bits per heavy atom. The van der Waals surface area contributed by atoms with Gasteiger partial charge in [-0.2, -0.15) is 26.3 Å². The fourth-order valence-corrected chi connectivity index (χ4v) is 6.55. The largest absolute Gasteiger partial charge is 0.416 e. The molecule has 0 N–H and O–H groups in total. The minimum atomic E-state index is -4.95. The fourth-order valence-electron chi connectivity index (χ4n) is 6.55. The van der Waals surface area contributed by atoms with Crippen LogP contribution in [0.2, 0.25) is 0 Å². The van der Waals surface area contributed by atoms with Crippen LogP contribution in [0, 0.1) is 23.1 Å². The number of alkyl halides is 6. The predicted octanol–water partition coefficient (Wildman–Crippen LogP) is 6.98. The third-order valence-corrected chi connectivity index (χ3v) is 8.43. The number of hydrogen-bond acceptors (Lipinski definition) is 2. The quantitative estimate of drug-likeness (QED) is 0.400. The van der Waals surface area contributed by atoms with Crippen LogP contribution in [0.5, 0.6) is 0 Å². The van der Waals surface area contributed by atoms with Gasteiger partial charge in [0.1, 0.15) is 5.82 Å². The second-order valence-corrected chi connectivity index (χ2v) is 10.6. The molecule has 2 aliphatic carbocycles. The average molecular weight is 529 g/mol. The molecule has 0 aromatic heterocycles. The van der Waals surface area contributed by atoms with Crippen LogP contribution in [0.4, 0.5) is 30.7 Å². The zero-order valence-electron chi connectivity index (χ0n) is 20.2. The van der Waals surface area contributed by atoms with Gasteiger partial charge in [0.15, 0.2) is 0 Å². The normalized spacial score (nSPS) is 30.0. The summed E-state index contributed by atoms with van der Waals surface area (Å²) >= 11 is 0. The van der Waals surface area contributed by atoms with Crippen molar-refractivity contribution >= 4 is 5.91 Å². The van der Waals surface area contributed by atoms with Gasteiger partial charge in [-0.15, -0.1) is 0 Å². The lowest BCUT2D eigenvalue weighted by Gasteiger charge is -2.40. The Kier molecular flexibility index (Phi) is 6.12. The van der Waals surface area contributed by atoms with E-state index in [4.69, 9.17) is 4.74 Å². The van der Waals surface area contributed by atoms with Gasteiger partial charge in [0.2, 0.25) is 5.91 Å². The molecular weight excluding hydrogens is 503 g/mol. The number of benzene rings is 2. The highest BCUT2D eigenvalue weighted by Crippen LogP contribution is 2.70. The molecule has 1 aliphatic heterocycles. The molecule has 2 saturated carbocycles. The molecule has 1 heterocycles. The summed E-state index contributed by atoms with van der Waals surface area (Å²) in [6.45, 7) is 4.03. The van der Waals surface area contributed by atoms with Crippen LogP contribution in [0.25, 0.3) is 0 Å². The zero-order chi connectivity index (χ0) is 26.9. The fraction of sp³-hybridized carbons (Fsp3) is 0.519. The van der Waals surface area contributed by atoms with E-state index in [0.717, 1.165) is 12.0 Å². The summed E-state index contributed by atoms with van der Waals surface area (Å²) in [7, 11) is 0. The molecule has 3 nitrogen and oxygen atoms in total. The van der Waals surface area contributed by atoms with E-state index in [9.17, 15) is 35.5 Å². The van der Waals surface area contributed by atoms with Crippen LogP contribution in [0.1, 0.15) is 61.0 Å². The Bertz CT molecular complexity index is 1160. The number of carbonyl (C=O) groups excluding carboxylic acids is 1. The lowest BCUT2D eigenvalue weighted by atomic mass is 9.68. The van der Waals surface area contributed by atoms with E-state index >= 15 is 0 Å². The van der Waals surface area contributed by atoms with Crippen molar-refractivity contribution in [2.75, 3.05) is 13.1 Å². The lowest BCUT2D eigenvalue weighted by Crippen LogP contribution is -2.39. The van der Waals surface area contributed by atoms with E-state index < -0.39 is 41.5 Å². The van der Waals surface area contributed by atoms with Gasteiger partial charge in [0.05, 0.1) is 23.3 Å². The van der Waals surface area contributed by atoms with Crippen molar-refractivity contribution in [3.63, 3.8) is 0 Å². The van der Waals surface area contributed by atoms with Gasteiger partial charge in [-0.25, -0.2) is 4.39 Å². The summed E-state index contributed by atoms with van der Waals surface area (Å²) in [5.41, 5.74) is -2.31. The molecule has 0 radical (unpaired) electrons. The smallest absolute Gasteiger partial charge is 0.370 e. The van der Waals surface area contributed by atoms with E-state index in [1.54, 1.807) is 17.0 Å². The van der Waals surface area contributed by atoms with Crippen LogP contribution < -0.4 is 0 Å². The van der Waals surface area contributed by atoms with Crippen molar-refractivity contribution in [2.45, 2.75) is 57.2 Å². The van der Waals surface area contributed by atoms with Gasteiger partial charge in [0.25, 0.3) is 0 Å².